The zero-order chi connectivity index (χ0) is 8.97. The molecule has 1 unspecified atom stereocenters. The van der Waals surface area contributed by atoms with Crippen molar-refractivity contribution in [1.29, 1.82) is 0 Å². The monoisotopic (exact) mass is 186 g/mol. The maximum Gasteiger partial charge on any atom is 0.156 e. The summed E-state index contributed by atoms with van der Waals surface area (Å²) in [6.45, 7) is 8.75. The Hall–Kier alpha value is -0.180. The van der Waals surface area contributed by atoms with Gasteiger partial charge >= 0.3 is 0 Å². The zero-order valence-electron chi connectivity index (χ0n) is 8.13. The van der Waals surface area contributed by atoms with E-state index >= 15 is 0 Å². The van der Waals surface area contributed by atoms with Gasteiger partial charge in [0.05, 0.1) is 6.54 Å². The van der Waals surface area contributed by atoms with Gasteiger partial charge in [-0.3, -0.25) is 4.99 Å². The number of nitrogens with zero attached hydrogens (tertiary/aromatic N) is 1. The van der Waals surface area contributed by atoms with E-state index in [4.69, 9.17) is 0 Å². The molecule has 0 fully saturated rings. The molecule has 1 aliphatic rings. The fraction of sp³-hybridized carbons (Fsp3) is 0.889. The highest BCUT2D eigenvalue weighted by atomic mass is 32.2. The van der Waals surface area contributed by atoms with Gasteiger partial charge in [0, 0.05) is 11.8 Å². The molecule has 0 radical (unpaired) electrons. The van der Waals surface area contributed by atoms with Crippen molar-refractivity contribution in [3.05, 3.63) is 0 Å². The Morgan fingerprint density at radius 1 is 1.67 bits per heavy atom. The van der Waals surface area contributed by atoms with Crippen LogP contribution in [0.5, 0.6) is 0 Å². The third-order valence-corrected chi connectivity index (χ3v) is 2.85. The van der Waals surface area contributed by atoms with Crippen LogP contribution in [-0.4, -0.2) is 23.5 Å². The Kier molecular flexibility index (Phi) is 3.92. The molecule has 1 rings (SSSR count). The molecule has 3 heteroatoms. The first-order chi connectivity index (χ1) is 5.68. The molecule has 0 aromatic rings. The summed E-state index contributed by atoms with van der Waals surface area (Å²) >= 11 is 1.86. The van der Waals surface area contributed by atoms with Crippen LogP contribution in [0.25, 0.3) is 0 Å². The Labute approximate surface area is 79.2 Å². The molecule has 0 aromatic carbocycles. The van der Waals surface area contributed by atoms with Crippen molar-refractivity contribution in [3.63, 3.8) is 0 Å². The Morgan fingerprint density at radius 2 is 2.42 bits per heavy atom. The van der Waals surface area contributed by atoms with Crippen LogP contribution in [0, 0.1) is 5.92 Å². The summed E-state index contributed by atoms with van der Waals surface area (Å²) in [6.07, 6.45) is 1.23. The molecule has 12 heavy (non-hydrogen) atoms. The number of thioether (sulfide) groups is 1. The second-order valence-electron chi connectivity index (χ2n) is 3.68. The first-order valence-corrected chi connectivity index (χ1v) is 5.51. The molecule has 2 nitrogen and oxygen atoms in total. The molecule has 1 aliphatic heterocycles. The van der Waals surface area contributed by atoms with Gasteiger partial charge in [0.2, 0.25) is 0 Å². The Bertz CT molecular complexity index is 166. The third kappa shape index (κ3) is 3.48. The van der Waals surface area contributed by atoms with Gasteiger partial charge < -0.3 is 5.32 Å². The van der Waals surface area contributed by atoms with Crippen LogP contribution in [0.4, 0.5) is 0 Å². The van der Waals surface area contributed by atoms with Gasteiger partial charge in [0.15, 0.2) is 5.17 Å². The van der Waals surface area contributed by atoms with Crippen molar-refractivity contribution in [2.24, 2.45) is 10.9 Å². The van der Waals surface area contributed by atoms with E-state index < -0.39 is 0 Å². The molecule has 70 valence electrons. The second-order valence-corrected chi connectivity index (χ2v) is 5.11. The molecule has 0 amide bonds. The van der Waals surface area contributed by atoms with E-state index in [0.29, 0.717) is 5.25 Å². The minimum atomic E-state index is 0.673. The third-order valence-electron chi connectivity index (χ3n) is 1.80. The number of amidine groups is 1. The van der Waals surface area contributed by atoms with Gasteiger partial charge in [-0.1, -0.05) is 32.5 Å². The highest BCUT2D eigenvalue weighted by molar-refractivity contribution is 8.14. The molecule has 0 aliphatic carbocycles. The number of rotatable bonds is 3. The first-order valence-electron chi connectivity index (χ1n) is 4.63. The van der Waals surface area contributed by atoms with Gasteiger partial charge in [-0.25, -0.2) is 0 Å². The standard InChI is InChI=1S/C9H18N2S/c1-7(2)4-5-10-9-11-6-8(3)12-9/h7-8H,4-6H2,1-3H3,(H,10,11). The predicted molar refractivity (Wildman–Crippen MR) is 56.8 cm³/mol. The van der Waals surface area contributed by atoms with E-state index in [-0.39, 0.29) is 0 Å². The van der Waals surface area contributed by atoms with Crippen LogP contribution >= 0.6 is 11.8 Å². The van der Waals surface area contributed by atoms with Gasteiger partial charge in [0.1, 0.15) is 0 Å². The largest absolute Gasteiger partial charge is 0.365 e. The molecule has 0 saturated carbocycles. The fourth-order valence-corrected chi connectivity index (χ4v) is 1.91. The van der Waals surface area contributed by atoms with Crippen LogP contribution in [0.2, 0.25) is 0 Å². The molecule has 0 saturated heterocycles. The van der Waals surface area contributed by atoms with Crippen LogP contribution < -0.4 is 5.32 Å². The van der Waals surface area contributed by atoms with Gasteiger partial charge in [-0.15, -0.1) is 0 Å². The van der Waals surface area contributed by atoms with E-state index in [0.717, 1.165) is 24.2 Å². The molecule has 1 N–H and O–H groups in total. The highest BCUT2D eigenvalue weighted by Crippen LogP contribution is 2.18. The van der Waals surface area contributed by atoms with Crippen molar-refractivity contribution in [2.45, 2.75) is 32.4 Å². The van der Waals surface area contributed by atoms with Gasteiger partial charge in [-0.2, -0.15) is 0 Å². The van der Waals surface area contributed by atoms with Crippen molar-refractivity contribution in [3.8, 4) is 0 Å². The average molecular weight is 186 g/mol. The Balaban J connectivity index is 2.08. The lowest BCUT2D eigenvalue weighted by Crippen LogP contribution is -2.21. The number of hydrogen-bond acceptors (Lipinski definition) is 3. The fourth-order valence-electron chi connectivity index (χ4n) is 1.04. The molecule has 0 bridgehead atoms. The summed E-state index contributed by atoms with van der Waals surface area (Å²) in [5.41, 5.74) is 0. The lowest BCUT2D eigenvalue weighted by molar-refractivity contribution is 0.579. The lowest BCUT2D eigenvalue weighted by atomic mass is 10.1. The molecule has 0 spiro atoms. The van der Waals surface area contributed by atoms with Crippen LogP contribution in [0.3, 0.4) is 0 Å². The smallest absolute Gasteiger partial charge is 0.156 e. The summed E-state index contributed by atoms with van der Waals surface area (Å²) < 4.78 is 0. The van der Waals surface area contributed by atoms with Crippen LogP contribution in [0.1, 0.15) is 27.2 Å². The van der Waals surface area contributed by atoms with Crippen molar-refractivity contribution in [2.75, 3.05) is 13.1 Å². The minimum Gasteiger partial charge on any atom is -0.365 e. The zero-order valence-corrected chi connectivity index (χ0v) is 8.95. The normalized spacial score (nSPS) is 23.0. The van der Waals surface area contributed by atoms with Crippen molar-refractivity contribution in [1.82, 2.24) is 5.32 Å². The summed E-state index contributed by atoms with van der Waals surface area (Å²) in [4.78, 5) is 4.38. The lowest BCUT2D eigenvalue weighted by Gasteiger charge is -2.07. The summed E-state index contributed by atoms with van der Waals surface area (Å²) in [7, 11) is 0. The predicted octanol–water partition coefficient (Wildman–Crippen LogP) is 2.11. The maximum atomic E-state index is 4.38. The van der Waals surface area contributed by atoms with Crippen LogP contribution in [0.15, 0.2) is 4.99 Å². The van der Waals surface area contributed by atoms with E-state index in [1.807, 2.05) is 11.8 Å². The quantitative estimate of drug-likeness (QED) is 0.730. The van der Waals surface area contributed by atoms with Crippen LogP contribution in [-0.2, 0) is 0 Å². The molecular formula is C9H18N2S. The summed E-state index contributed by atoms with van der Waals surface area (Å²) in [5.74, 6) is 0.780. The average Bonchev–Trinajstić information content (AvgIpc) is 2.35. The summed E-state index contributed by atoms with van der Waals surface area (Å²) in [6, 6.07) is 0. The van der Waals surface area contributed by atoms with Crippen molar-refractivity contribution >= 4 is 16.9 Å². The maximum absolute atomic E-state index is 4.38. The van der Waals surface area contributed by atoms with Gasteiger partial charge in [0.25, 0.3) is 0 Å². The first kappa shape index (κ1) is 9.90. The molecule has 1 atom stereocenters. The highest BCUT2D eigenvalue weighted by Gasteiger charge is 2.13. The van der Waals surface area contributed by atoms with E-state index in [2.05, 4.69) is 31.1 Å². The topological polar surface area (TPSA) is 24.4 Å². The SMILES string of the molecule is CC(C)CCNC1=NCC(C)S1. The number of nitrogens with one attached hydrogen (secondary N) is 1. The van der Waals surface area contributed by atoms with E-state index in [1.54, 1.807) is 0 Å². The molecule has 1 heterocycles. The number of aliphatic imine (C=N–C) groups is 1. The molecule has 0 aromatic heterocycles. The molecular weight excluding hydrogens is 168 g/mol. The van der Waals surface area contributed by atoms with E-state index in [9.17, 15) is 0 Å². The number of hydrogen-bond donors (Lipinski definition) is 1. The minimum absolute atomic E-state index is 0.673. The van der Waals surface area contributed by atoms with Crippen molar-refractivity contribution < 1.29 is 0 Å². The van der Waals surface area contributed by atoms with Gasteiger partial charge in [-0.05, 0) is 12.3 Å². The Morgan fingerprint density at radius 3 is 2.92 bits per heavy atom. The van der Waals surface area contributed by atoms with E-state index in [1.165, 1.54) is 6.42 Å². The second kappa shape index (κ2) is 4.75. The summed E-state index contributed by atoms with van der Waals surface area (Å²) in [5, 5.41) is 5.17.